The van der Waals surface area contributed by atoms with Gasteiger partial charge in [-0.3, -0.25) is 4.98 Å². The molecular formula is C30H37N3O2. The van der Waals surface area contributed by atoms with Gasteiger partial charge in [0.25, 0.3) is 0 Å². The second kappa shape index (κ2) is 9.73. The van der Waals surface area contributed by atoms with Gasteiger partial charge in [-0.1, -0.05) is 12.1 Å². The number of hydrogen-bond acceptors (Lipinski definition) is 5. The lowest BCUT2D eigenvalue weighted by atomic mass is 9.76. The van der Waals surface area contributed by atoms with E-state index in [0.29, 0.717) is 5.56 Å². The maximum atomic E-state index is 13.3. The lowest BCUT2D eigenvalue weighted by molar-refractivity contribution is 0.0247. The summed E-state index contributed by atoms with van der Waals surface area (Å²) in [6, 6.07) is 14.8. The van der Waals surface area contributed by atoms with Crippen LogP contribution in [-0.2, 0) is 10.3 Å². The van der Waals surface area contributed by atoms with Gasteiger partial charge >= 0.3 is 5.97 Å². The highest BCUT2D eigenvalue weighted by atomic mass is 16.6. The number of benzene rings is 2. The van der Waals surface area contributed by atoms with Crippen LogP contribution in [0.1, 0.15) is 71.6 Å². The Labute approximate surface area is 209 Å². The van der Waals surface area contributed by atoms with Crippen molar-refractivity contribution in [2.45, 2.75) is 54.1 Å². The summed E-state index contributed by atoms with van der Waals surface area (Å²) in [5.41, 5.74) is 7.70. The molecule has 184 valence electrons. The number of ether oxygens (including phenoxy) is 1. The van der Waals surface area contributed by atoms with Crippen molar-refractivity contribution >= 4 is 17.3 Å². The van der Waals surface area contributed by atoms with Gasteiger partial charge in [-0.15, -0.1) is 0 Å². The van der Waals surface area contributed by atoms with Crippen molar-refractivity contribution in [3.8, 4) is 0 Å². The number of fused-ring (bicyclic) bond motifs is 1. The molecule has 0 fully saturated rings. The molecule has 5 heteroatoms. The summed E-state index contributed by atoms with van der Waals surface area (Å²) in [5, 5.41) is 0. The lowest BCUT2D eigenvalue weighted by Crippen LogP contribution is -2.33. The Hall–Kier alpha value is -3.34. The Morgan fingerprint density at radius 2 is 1.26 bits per heavy atom. The number of anilines is 2. The van der Waals surface area contributed by atoms with E-state index in [-0.39, 0.29) is 5.97 Å². The Kier molecular flexibility index (Phi) is 6.88. The van der Waals surface area contributed by atoms with Crippen molar-refractivity contribution in [1.82, 2.24) is 4.98 Å². The minimum Gasteiger partial charge on any atom is -0.440 e. The van der Waals surface area contributed by atoms with E-state index in [1.165, 1.54) is 11.4 Å². The molecule has 0 spiro atoms. The van der Waals surface area contributed by atoms with Gasteiger partial charge in [0.15, 0.2) is 5.60 Å². The van der Waals surface area contributed by atoms with Gasteiger partial charge in [-0.05, 0) is 89.9 Å². The van der Waals surface area contributed by atoms with E-state index in [0.717, 1.165) is 59.7 Å². The molecule has 1 aromatic heterocycles. The van der Waals surface area contributed by atoms with Gasteiger partial charge in [0.05, 0.1) is 5.56 Å². The van der Waals surface area contributed by atoms with Gasteiger partial charge < -0.3 is 14.5 Å². The topological polar surface area (TPSA) is 45.7 Å². The number of esters is 1. The van der Waals surface area contributed by atoms with Crippen molar-refractivity contribution in [2.24, 2.45) is 0 Å². The highest BCUT2D eigenvalue weighted by Crippen LogP contribution is 2.50. The van der Waals surface area contributed by atoms with E-state index in [1.54, 1.807) is 12.3 Å². The predicted molar refractivity (Wildman–Crippen MR) is 144 cm³/mol. The van der Waals surface area contributed by atoms with Crippen LogP contribution in [0.2, 0.25) is 0 Å². The number of carbonyl (C=O) groups excluding carboxylic acids is 1. The number of carbonyl (C=O) groups is 1. The molecule has 35 heavy (non-hydrogen) atoms. The van der Waals surface area contributed by atoms with E-state index < -0.39 is 5.60 Å². The summed E-state index contributed by atoms with van der Waals surface area (Å²) in [7, 11) is 0. The number of aromatic nitrogens is 1. The van der Waals surface area contributed by atoms with Gasteiger partial charge in [-0.25, -0.2) is 4.79 Å². The third-order valence-corrected chi connectivity index (χ3v) is 7.39. The fourth-order valence-electron chi connectivity index (χ4n) is 5.61. The second-order valence-corrected chi connectivity index (χ2v) is 9.23. The lowest BCUT2D eigenvalue weighted by Gasteiger charge is -2.35. The summed E-state index contributed by atoms with van der Waals surface area (Å²) in [4.78, 5) is 22.5. The summed E-state index contributed by atoms with van der Waals surface area (Å²) in [6.45, 7) is 18.6. The first-order valence-electron chi connectivity index (χ1n) is 12.7. The van der Waals surface area contributed by atoms with Crippen LogP contribution >= 0.6 is 0 Å². The molecule has 0 aliphatic carbocycles. The van der Waals surface area contributed by atoms with E-state index in [2.05, 4.69) is 92.7 Å². The normalized spacial score (nSPS) is 14.0. The first kappa shape index (κ1) is 24.8. The van der Waals surface area contributed by atoms with Crippen molar-refractivity contribution in [3.05, 3.63) is 87.7 Å². The third-order valence-electron chi connectivity index (χ3n) is 7.39. The zero-order valence-corrected chi connectivity index (χ0v) is 22.1. The summed E-state index contributed by atoms with van der Waals surface area (Å²) >= 11 is 0. The highest BCUT2D eigenvalue weighted by Gasteiger charge is 2.51. The smallest absolute Gasteiger partial charge is 0.340 e. The molecule has 1 aliphatic heterocycles. The summed E-state index contributed by atoms with van der Waals surface area (Å²) in [5.74, 6) is -0.301. The fraction of sp³-hybridized carbons (Fsp3) is 0.400. The van der Waals surface area contributed by atoms with Gasteiger partial charge in [0, 0.05) is 66.1 Å². The number of hydrogen-bond donors (Lipinski definition) is 0. The summed E-state index contributed by atoms with van der Waals surface area (Å²) < 4.78 is 6.43. The third kappa shape index (κ3) is 3.97. The van der Waals surface area contributed by atoms with Crippen LogP contribution in [0.5, 0.6) is 0 Å². The first-order valence-corrected chi connectivity index (χ1v) is 12.7. The molecule has 0 saturated heterocycles. The molecule has 0 atom stereocenters. The second-order valence-electron chi connectivity index (χ2n) is 9.23. The number of rotatable bonds is 8. The number of cyclic esters (lactones) is 1. The van der Waals surface area contributed by atoms with Crippen LogP contribution in [0.4, 0.5) is 11.4 Å². The van der Waals surface area contributed by atoms with E-state index in [4.69, 9.17) is 4.74 Å². The molecule has 4 rings (SSSR count). The van der Waals surface area contributed by atoms with Crippen LogP contribution in [0.25, 0.3) is 0 Å². The molecule has 5 nitrogen and oxygen atoms in total. The molecule has 0 amide bonds. The molecule has 2 aromatic carbocycles. The van der Waals surface area contributed by atoms with Crippen LogP contribution in [-0.4, -0.2) is 37.1 Å². The Morgan fingerprint density at radius 3 is 1.69 bits per heavy atom. The number of aryl methyl sites for hydroxylation is 3. The van der Waals surface area contributed by atoms with Crippen LogP contribution in [0.3, 0.4) is 0 Å². The number of nitrogens with zero attached hydrogens (tertiary/aromatic N) is 3. The predicted octanol–water partition coefficient (Wildman–Crippen LogP) is 6.16. The number of pyridine rings is 1. The maximum Gasteiger partial charge on any atom is 0.340 e. The Bertz CT molecular complexity index is 1180. The average molecular weight is 472 g/mol. The fourth-order valence-corrected chi connectivity index (χ4v) is 5.61. The average Bonchev–Trinajstić information content (AvgIpc) is 3.15. The quantitative estimate of drug-likeness (QED) is 0.368. The molecule has 1 aliphatic rings. The zero-order chi connectivity index (χ0) is 25.3. The van der Waals surface area contributed by atoms with Gasteiger partial charge in [0.1, 0.15) is 0 Å². The van der Waals surface area contributed by atoms with Crippen LogP contribution in [0.15, 0.2) is 48.7 Å². The molecule has 3 aromatic rings. The zero-order valence-electron chi connectivity index (χ0n) is 22.1. The van der Waals surface area contributed by atoms with Crippen LogP contribution in [0, 0.1) is 20.8 Å². The largest absolute Gasteiger partial charge is 0.440 e. The monoisotopic (exact) mass is 471 g/mol. The molecule has 0 unspecified atom stereocenters. The molecule has 0 N–H and O–H groups in total. The molecule has 0 bridgehead atoms. The SMILES string of the molecule is CCN(CC)c1ccc(C2(c3ccc(N(CC)CC)cc3C)OC(=O)c3ccnc(C)c32)c(C)c1. The Morgan fingerprint density at radius 1 is 0.771 bits per heavy atom. The van der Waals surface area contributed by atoms with E-state index >= 15 is 0 Å². The van der Waals surface area contributed by atoms with Crippen molar-refractivity contribution in [2.75, 3.05) is 36.0 Å². The molecule has 0 radical (unpaired) electrons. The molecule has 0 saturated carbocycles. The molecular weight excluding hydrogens is 434 g/mol. The summed E-state index contributed by atoms with van der Waals surface area (Å²) in [6.07, 6.45) is 1.69. The minimum atomic E-state index is -1.04. The van der Waals surface area contributed by atoms with Crippen molar-refractivity contribution in [1.29, 1.82) is 0 Å². The molecule has 2 heterocycles. The maximum absolute atomic E-state index is 13.3. The highest BCUT2D eigenvalue weighted by molar-refractivity contribution is 5.97. The van der Waals surface area contributed by atoms with E-state index in [1.807, 2.05) is 6.92 Å². The minimum absolute atomic E-state index is 0.301. The van der Waals surface area contributed by atoms with Crippen LogP contribution < -0.4 is 9.80 Å². The van der Waals surface area contributed by atoms with Crippen molar-refractivity contribution < 1.29 is 9.53 Å². The standard InChI is InChI=1S/C30H37N3O2/c1-8-32(9-2)23-12-14-26(20(5)18-23)30(28-22(7)31-17-16-25(28)29(34)35-30)27-15-13-24(19-21(27)6)33(10-3)11-4/h12-19H,8-11H2,1-7H3. The van der Waals surface area contributed by atoms with Gasteiger partial charge in [0.2, 0.25) is 0 Å². The van der Waals surface area contributed by atoms with Gasteiger partial charge in [-0.2, -0.15) is 0 Å². The first-order chi connectivity index (χ1) is 16.8. The van der Waals surface area contributed by atoms with Crippen molar-refractivity contribution in [3.63, 3.8) is 0 Å². The Balaban J connectivity index is 2.00. The van der Waals surface area contributed by atoms with E-state index in [9.17, 15) is 4.79 Å².